The number of nitrogen functional groups attached to an aromatic ring is 1. The molecular weight excluding hydrogens is 286 g/mol. The summed E-state index contributed by atoms with van der Waals surface area (Å²) in [5, 5.41) is 0. The molecule has 3 N–H and O–H groups in total. The first-order valence-electron chi connectivity index (χ1n) is 6.59. The van der Waals surface area contributed by atoms with E-state index in [-0.39, 0.29) is 17.1 Å². The molecule has 0 radical (unpaired) electrons. The van der Waals surface area contributed by atoms with Crippen LogP contribution in [0.1, 0.15) is 22.4 Å². The Balaban J connectivity index is 2.32. The molecule has 6 heteroatoms. The Morgan fingerprint density at radius 2 is 1.86 bits per heavy atom. The molecule has 0 saturated carbocycles. The Kier molecular flexibility index (Phi) is 4.29. The van der Waals surface area contributed by atoms with E-state index in [2.05, 4.69) is 9.71 Å². The second kappa shape index (κ2) is 5.83. The predicted octanol–water partition coefficient (Wildman–Crippen LogP) is 2.07. The number of nitrogens with zero attached hydrogens (tertiary/aromatic N) is 1. The number of hydrogen-bond acceptors (Lipinski definition) is 4. The SMILES string of the molecule is Cc1cccnc1CNS(=O)(=O)c1c(N)ccc(C)c1C. The van der Waals surface area contributed by atoms with Crippen molar-refractivity contribution in [3.8, 4) is 0 Å². The van der Waals surface area contributed by atoms with E-state index in [1.165, 1.54) is 0 Å². The van der Waals surface area contributed by atoms with Gasteiger partial charge in [-0.3, -0.25) is 4.98 Å². The summed E-state index contributed by atoms with van der Waals surface area (Å²) in [5.41, 5.74) is 9.29. The van der Waals surface area contributed by atoms with Crippen LogP contribution in [0.5, 0.6) is 0 Å². The first-order valence-corrected chi connectivity index (χ1v) is 8.07. The Labute approximate surface area is 125 Å². The second-order valence-corrected chi connectivity index (χ2v) is 6.72. The number of aromatic nitrogens is 1. The lowest BCUT2D eigenvalue weighted by molar-refractivity contribution is 0.580. The third-order valence-electron chi connectivity index (χ3n) is 3.52. The van der Waals surface area contributed by atoms with Crippen LogP contribution in [0.25, 0.3) is 0 Å². The first kappa shape index (κ1) is 15.5. The molecule has 0 amide bonds. The van der Waals surface area contributed by atoms with Crippen molar-refractivity contribution in [1.29, 1.82) is 0 Å². The summed E-state index contributed by atoms with van der Waals surface area (Å²) >= 11 is 0. The molecule has 1 heterocycles. The van der Waals surface area contributed by atoms with Gasteiger partial charge in [-0.25, -0.2) is 13.1 Å². The minimum atomic E-state index is -3.67. The number of anilines is 1. The van der Waals surface area contributed by atoms with Gasteiger partial charge < -0.3 is 5.73 Å². The summed E-state index contributed by atoms with van der Waals surface area (Å²) in [5.74, 6) is 0. The van der Waals surface area contributed by atoms with Crippen LogP contribution in [-0.2, 0) is 16.6 Å². The number of benzene rings is 1. The van der Waals surface area contributed by atoms with Gasteiger partial charge in [0, 0.05) is 6.20 Å². The molecule has 0 unspecified atom stereocenters. The molecule has 0 fully saturated rings. The standard InChI is InChI=1S/C15H19N3O2S/c1-10-6-7-13(16)15(12(10)3)21(19,20)18-9-14-11(2)5-4-8-17-14/h4-8,18H,9,16H2,1-3H3. The number of aryl methyl sites for hydroxylation is 2. The van der Waals surface area contributed by atoms with E-state index < -0.39 is 10.0 Å². The zero-order valence-electron chi connectivity index (χ0n) is 12.3. The van der Waals surface area contributed by atoms with Crippen molar-refractivity contribution in [3.05, 3.63) is 52.8 Å². The van der Waals surface area contributed by atoms with Gasteiger partial charge in [-0.15, -0.1) is 0 Å². The summed E-state index contributed by atoms with van der Waals surface area (Å²) in [6.07, 6.45) is 1.64. The molecule has 0 saturated heterocycles. The quantitative estimate of drug-likeness (QED) is 0.847. The second-order valence-electron chi connectivity index (χ2n) is 5.02. The van der Waals surface area contributed by atoms with E-state index in [1.54, 1.807) is 19.2 Å². The maximum Gasteiger partial charge on any atom is 0.243 e. The fourth-order valence-corrected chi connectivity index (χ4v) is 3.52. The monoisotopic (exact) mass is 305 g/mol. The molecule has 5 nitrogen and oxygen atoms in total. The third-order valence-corrected chi connectivity index (χ3v) is 5.13. The van der Waals surface area contributed by atoms with Crippen LogP contribution in [-0.4, -0.2) is 13.4 Å². The Morgan fingerprint density at radius 3 is 2.52 bits per heavy atom. The maximum absolute atomic E-state index is 12.5. The molecule has 2 aromatic rings. The van der Waals surface area contributed by atoms with Crippen LogP contribution in [0, 0.1) is 20.8 Å². The zero-order chi connectivity index (χ0) is 15.6. The van der Waals surface area contributed by atoms with Gasteiger partial charge in [-0.1, -0.05) is 12.1 Å². The summed E-state index contributed by atoms with van der Waals surface area (Å²) in [4.78, 5) is 4.33. The third kappa shape index (κ3) is 3.22. The topological polar surface area (TPSA) is 85.1 Å². The number of nitrogens with one attached hydrogen (secondary N) is 1. The van der Waals surface area contributed by atoms with Crippen LogP contribution < -0.4 is 10.5 Å². The number of hydrogen-bond donors (Lipinski definition) is 2. The van der Waals surface area contributed by atoms with Gasteiger partial charge in [0.05, 0.1) is 17.9 Å². The highest BCUT2D eigenvalue weighted by Crippen LogP contribution is 2.25. The van der Waals surface area contributed by atoms with Gasteiger partial charge in [0.1, 0.15) is 4.90 Å². The predicted molar refractivity (Wildman–Crippen MR) is 83.3 cm³/mol. The van der Waals surface area contributed by atoms with Crippen LogP contribution in [0.3, 0.4) is 0 Å². The number of nitrogens with two attached hydrogens (primary N) is 1. The van der Waals surface area contributed by atoms with E-state index in [1.807, 2.05) is 32.0 Å². The smallest absolute Gasteiger partial charge is 0.243 e. The van der Waals surface area contributed by atoms with Crippen molar-refractivity contribution in [2.45, 2.75) is 32.2 Å². The molecule has 21 heavy (non-hydrogen) atoms. The molecule has 0 aliphatic heterocycles. The van der Waals surface area contributed by atoms with E-state index in [0.717, 1.165) is 11.1 Å². The van der Waals surface area contributed by atoms with Crippen molar-refractivity contribution >= 4 is 15.7 Å². The summed E-state index contributed by atoms with van der Waals surface area (Å²) in [6, 6.07) is 7.13. The largest absolute Gasteiger partial charge is 0.398 e. The zero-order valence-corrected chi connectivity index (χ0v) is 13.2. The molecule has 1 aromatic heterocycles. The van der Waals surface area contributed by atoms with Crippen molar-refractivity contribution in [2.24, 2.45) is 0 Å². The van der Waals surface area contributed by atoms with E-state index in [0.29, 0.717) is 11.3 Å². The van der Waals surface area contributed by atoms with E-state index in [9.17, 15) is 8.42 Å². The van der Waals surface area contributed by atoms with Gasteiger partial charge in [0.25, 0.3) is 0 Å². The molecule has 0 atom stereocenters. The van der Waals surface area contributed by atoms with Crippen LogP contribution in [0.15, 0.2) is 35.4 Å². The number of rotatable bonds is 4. The maximum atomic E-state index is 12.5. The summed E-state index contributed by atoms with van der Waals surface area (Å²) in [7, 11) is -3.67. The minimum Gasteiger partial charge on any atom is -0.398 e. The van der Waals surface area contributed by atoms with Gasteiger partial charge in [-0.05, 0) is 49.6 Å². The lowest BCUT2D eigenvalue weighted by Gasteiger charge is -2.14. The first-order chi connectivity index (χ1) is 9.83. The molecule has 2 rings (SSSR count). The molecule has 1 aromatic carbocycles. The number of pyridine rings is 1. The molecule has 0 aliphatic rings. The minimum absolute atomic E-state index is 0.141. The summed E-state index contributed by atoms with van der Waals surface area (Å²) < 4.78 is 27.6. The Bertz CT molecular complexity index is 770. The molecule has 0 spiro atoms. The average Bonchev–Trinajstić information content (AvgIpc) is 2.42. The number of sulfonamides is 1. The Hall–Kier alpha value is -1.92. The lowest BCUT2D eigenvalue weighted by Crippen LogP contribution is -2.26. The molecule has 0 bridgehead atoms. The van der Waals surface area contributed by atoms with Crippen LogP contribution >= 0.6 is 0 Å². The molecular formula is C15H19N3O2S. The highest BCUT2D eigenvalue weighted by atomic mass is 32.2. The molecule has 0 aliphatic carbocycles. The van der Waals surface area contributed by atoms with Gasteiger partial charge in [0.2, 0.25) is 10.0 Å². The van der Waals surface area contributed by atoms with Gasteiger partial charge in [0.15, 0.2) is 0 Å². The van der Waals surface area contributed by atoms with E-state index in [4.69, 9.17) is 5.73 Å². The fourth-order valence-electron chi connectivity index (χ4n) is 2.11. The highest BCUT2D eigenvalue weighted by molar-refractivity contribution is 7.89. The highest BCUT2D eigenvalue weighted by Gasteiger charge is 2.21. The van der Waals surface area contributed by atoms with Crippen molar-refractivity contribution in [3.63, 3.8) is 0 Å². The van der Waals surface area contributed by atoms with Crippen LogP contribution in [0.4, 0.5) is 5.69 Å². The van der Waals surface area contributed by atoms with Crippen molar-refractivity contribution < 1.29 is 8.42 Å². The van der Waals surface area contributed by atoms with Crippen LogP contribution in [0.2, 0.25) is 0 Å². The molecule has 112 valence electrons. The van der Waals surface area contributed by atoms with Crippen molar-refractivity contribution in [2.75, 3.05) is 5.73 Å². The fraction of sp³-hybridized carbons (Fsp3) is 0.267. The normalized spacial score (nSPS) is 11.6. The Morgan fingerprint density at radius 1 is 1.14 bits per heavy atom. The average molecular weight is 305 g/mol. The van der Waals surface area contributed by atoms with Crippen molar-refractivity contribution in [1.82, 2.24) is 9.71 Å². The van der Waals surface area contributed by atoms with E-state index >= 15 is 0 Å². The van der Waals surface area contributed by atoms with Gasteiger partial charge >= 0.3 is 0 Å². The van der Waals surface area contributed by atoms with Gasteiger partial charge in [-0.2, -0.15) is 0 Å². The summed E-state index contributed by atoms with van der Waals surface area (Å²) in [6.45, 7) is 5.65. The lowest BCUT2D eigenvalue weighted by atomic mass is 10.1.